The Morgan fingerprint density at radius 3 is 1.46 bits per heavy atom. The largest absolute Gasteiger partial charge is 0.310 e. The van der Waals surface area contributed by atoms with Crippen LogP contribution in [0.15, 0.2) is 182 Å². The van der Waals surface area contributed by atoms with Gasteiger partial charge in [0.2, 0.25) is 0 Å². The van der Waals surface area contributed by atoms with Crippen molar-refractivity contribution < 1.29 is 8.22 Å². The van der Waals surface area contributed by atoms with E-state index in [-0.39, 0.29) is 16.2 Å². The van der Waals surface area contributed by atoms with Crippen molar-refractivity contribution in [1.82, 2.24) is 4.40 Å². The SMILES string of the molecule is [2H]C([2H])([2H])c1ccc(N(c2ccc(C(C)(C)C)cc2)c2cc3sc4cc5c(ccc6c7ccc(N(c8ccc(C([2H])([2H])[2H])cc8)c8ccc(C(C)(C)C)cc8)c8c9cc(C(C)(C)C)ccc9n(c56)c78)cc4c3c3ccccc23)cc1. The number of hydrogen-bond donors (Lipinski definition) is 0. The minimum Gasteiger partial charge on any atom is -0.310 e. The molecule has 0 N–H and O–H groups in total. The van der Waals surface area contributed by atoms with Gasteiger partial charge in [0.1, 0.15) is 0 Å². The summed E-state index contributed by atoms with van der Waals surface area (Å²) < 4.78 is 54.0. The third-order valence-corrected chi connectivity index (χ3v) is 16.6. The van der Waals surface area contributed by atoms with Gasteiger partial charge < -0.3 is 14.2 Å². The molecule has 0 fully saturated rings. The van der Waals surface area contributed by atoms with Crippen LogP contribution in [0.4, 0.5) is 34.1 Å². The molecule has 0 aliphatic heterocycles. The molecule has 0 aliphatic carbocycles. The van der Waals surface area contributed by atoms with Crippen molar-refractivity contribution in [3.63, 3.8) is 0 Å². The number of anilines is 6. The molecule has 3 nitrogen and oxygen atoms in total. The maximum atomic E-state index is 8.21. The number of rotatable bonds is 6. The fourth-order valence-corrected chi connectivity index (χ4v) is 12.8. The fraction of sp³-hybridized carbons (Fsp3) is 0.200. The molecule has 0 aliphatic rings. The molecule has 0 amide bonds. The number of fused-ring (bicyclic) bond motifs is 13. The first-order valence-corrected chi connectivity index (χ1v) is 26.6. The summed E-state index contributed by atoms with van der Waals surface area (Å²) in [6.45, 7) is 15.7. The third kappa shape index (κ3) is 7.28. The van der Waals surface area contributed by atoms with E-state index in [0.29, 0.717) is 11.1 Å². The summed E-state index contributed by atoms with van der Waals surface area (Å²) >= 11 is 1.81. The predicted molar refractivity (Wildman–Crippen MR) is 324 cm³/mol. The highest BCUT2D eigenvalue weighted by Gasteiger charge is 2.28. The lowest BCUT2D eigenvalue weighted by Gasteiger charge is -2.28. The van der Waals surface area contributed by atoms with Crippen LogP contribution in [0.2, 0.25) is 0 Å². The second kappa shape index (κ2) is 16.4. The quantitative estimate of drug-likeness (QED) is 0.164. The van der Waals surface area contributed by atoms with E-state index in [4.69, 9.17) is 8.22 Å². The van der Waals surface area contributed by atoms with E-state index in [1.165, 1.54) is 48.3 Å². The van der Waals surface area contributed by atoms with Crippen LogP contribution in [-0.4, -0.2) is 4.40 Å². The van der Waals surface area contributed by atoms with Crippen molar-refractivity contribution in [2.24, 2.45) is 0 Å². The fourth-order valence-electron chi connectivity index (χ4n) is 11.6. The molecule has 0 unspecified atom stereocenters. The lowest BCUT2D eigenvalue weighted by Crippen LogP contribution is -2.13. The number of thiophene rings is 1. The monoisotopic (exact) mass is 984 g/mol. The van der Waals surface area contributed by atoms with Gasteiger partial charge in [-0.2, -0.15) is 0 Å². The van der Waals surface area contributed by atoms with Gasteiger partial charge in [-0.05, 0) is 142 Å². The van der Waals surface area contributed by atoms with Gasteiger partial charge in [0.15, 0.2) is 0 Å². The summed E-state index contributed by atoms with van der Waals surface area (Å²) in [6.07, 6.45) is 0. The van der Waals surface area contributed by atoms with Crippen molar-refractivity contribution in [2.45, 2.75) is 92.3 Å². The first-order valence-electron chi connectivity index (χ1n) is 28.8. The molecule has 3 heterocycles. The number of aromatic nitrogens is 1. The summed E-state index contributed by atoms with van der Waals surface area (Å²) in [4.78, 5) is 4.58. The van der Waals surface area contributed by atoms with Gasteiger partial charge >= 0.3 is 0 Å². The van der Waals surface area contributed by atoms with Crippen LogP contribution in [0.25, 0.3) is 79.8 Å². The Morgan fingerprint density at radius 2 is 0.892 bits per heavy atom. The molecule has 4 heteroatoms. The van der Waals surface area contributed by atoms with Crippen LogP contribution >= 0.6 is 11.3 Å². The van der Waals surface area contributed by atoms with Crippen molar-refractivity contribution in [2.75, 3.05) is 9.80 Å². The van der Waals surface area contributed by atoms with Crippen LogP contribution in [0.5, 0.6) is 0 Å². The Balaban J connectivity index is 1.06. The summed E-state index contributed by atoms with van der Waals surface area (Å²) in [5, 5.41) is 11.7. The highest BCUT2D eigenvalue weighted by atomic mass is 32.1. The Labute approximate surface area is 447 Å². The second-order valence-corrected chi connectivity index (χ2v) is 24.6. The van der Waals surface area contributed by atoms with E-state index >= 15 is 0 Å². The standard InChI is InChI=1S/C70H63N3S/c1-42-16-26-48(27-17-42)71(50-30-21-45(22-31-50)68(3,4)5)60-37-35-55-54-34-20-44-38-58-62(40-56(44)66(54)73-59-36-25-47(70(9,10)11)39-57(59)65(60)67(55)73)74-63-41-61(52-14-12-13-15-53(52)64(58)63)72(49-28-18-43(2)19-29-49)51-32-23-46(24-33-51)69(6,7)8/h12-41H,1-11H3/i1D3,2D3. The molecule has 0 bridgehead atoms. The predicted octanol–water partition coefficient (Wildman–Crippen LogP) is 21.0. The average molecular weight is 984 g/mol. The van der Waals surface area contributed by atoms with Crippen LogP contribution in [0.1, 0.15) is 98.4 Å². The maximum absolute atomic E-state index is 8.21. The van der Waals surface area contributed by atoms with Gasteiger partial charge in [0.05, 0.1) is 27.9 Å². The van der Waals surface area contributed by atoms with Gasteiger partial charge in [0.25, 0.3) is 0 Å². The molecule has 13 aromatic rings. The Morgan fingerprint density at radius 1 is 0.378 bits per heavy atom. The molecular formula is C70H63N3S. The van der Waals surface area contributed by atoms with E-state index < -0.39 is 13.7 Å². The minimum absolute atomic E-state index is 0.0293. The highest BCUT2D eigenvalue weighted by molar-refractivity contribution is 7.26. The van der Waals surface area contributed by atoms with Crippen molar-refractivity contribution in [3.8, 4) is 0 Å². The topological polar surface area (TPSA) is 10.9 Å². The first kappa shape index (κ1) is 39.8. The van der Waals surface area contributed by atoms with Crippen LogP contribution in [-0.2, 0) is 16.2 Å². The zero-order chi connectivity index (χ0) is 56.2. The lowest BCUT2D eigenvalue weighted by atomic mass is 9.86. The Bertz CT molecular complexity index is 4470. The number of hydrogen-bond acceptors (Lipinski definition) is 3. The molecule has 0 atom stereocenters. The normalized spacial score (nSPS) is 14.3. The minimum atomic E-state index is -2.23. The highest BCUT2D eigenvalue weighted by Crippen LogP contribution is 2.52. The van der Waals surface area contributed by atoms with Gasteiger partial charge in [-0.3, -0.25) is 0 Å². The van der Waals surface area contributed by atoms with Crippen LogP contribution < -0.4 is 9.80 Å². The van der Waals surface area contributed by atoms with Crippen molar-refractivity contribution >= 4 is 125 Å². The molecule has 13 rings (SSSR count). The maximum Gasteiger partial charge on any atom is 0.0641 e. The molecule has 364 valence electrons. The summed E-state index contributed by atoms with van der Waals surface area (Å²) in [6, 6.07) is 64.3. The molecule has 0 saturated carbocycles. The summed E-state index contributed by atoms with van der Waals surface area (Å²) in [7, 11) is 0. The second-order valence-electron chi connectivity index (χ2n) is 23.5. The summed E-state index contributed by atoms with van der Waals surface area (Å²) in [5.41, 5.74) is 13.3. The zero-order valence-corrected chi connectivity index (χ0v) is 44.4. The molecule has 0 saturated heterocycles. The first-order chi connectivity index (χ1) is 37.8. The van der Waals surface area contributed by atoms with Crippen molar-refractivity contribution in [3.05, 3.63) is 210 Å². The number of aryl methyl sites for hydroxylation is 2. The Kier molecular flexibility index (Phi) is 8.84. The molecule has 0 radical (unpaired) electrons. The van der Waals surface area contributed by atoms with Gasteiger partial charge in [-0.25, -0.2) is 0 Å². The third-order valence-electron chi connectivity index (χ3n) is 15.5. The van der Waals surface area contributed by atoms with Crippen LogP contribution in [0, 0.1) is 13.7 Å². The van der Waals surface area contributed by atoms with Gasteiger partial charge in [0, 0.05) is 83.5 Å². The van der Waals surface area contributed by atoms with Gasteiger partial charge in [-0.1, -0.05) is 171 Å². The van der Waals surface area contributed by atoms with E-state index in [1.54, 1.807) is 24.3 Å². The van der Waals surface area contributed by atoms with Crippen LogP contribution in [0.3, 0.4) is 0 Å². The lowest BCUT2D eigenvalue weighted by molar-refractivity contribution is 0.590. The molecule has 74 heavy (non-hydrogen) atoms. The number of nitrogens with zero attached hydrogens (tertiary/aromatic N) is 3. The van der Waals surface area contributed by atoms with Gasteiger partial charge in [-0.15, -0.1) is 11.3 Å². The average Bonchev–Trinajstić information content (AvgIpc) is 2.19. The Hall–Kier alpha value is -7.66. The number of benzene rings is 10. The smallest absolute Gasteiger partial charge is 0.0641 e. The zero-order valence-electron chi connectivity index (χ0n) is 49.6. The van der Waals surface area contributed by atoms with Crippen molar-refractivity contribution in [1.29, 1.82) is 0 Å². The van der Waals surface area contributed by atoms with E-state index in [0.717, 1.165) is 82.3 Å². The molecule has 0 spiro atoms. The van der Waals surface area contributed by atoms with E-state index in [2.05, 4.69) is 210 Å². The summed E-state index contributed by atoms with van der Waals surface area (Å²) in [5.74, 6) is 0. The van der Waals surface area contributed by atoms with E-state index in [9.17, 15) is 0 Å². The van der Waals surface area contributed by atoms with E-state index in [1.807, 2.05) is 35.6 Å². The molecule has 3 aromatic heterocycles. The molecule has 10 aromatic carbocycles. The molecular weight excluding hydrogens is 915 g/mol.